The van der Waals surface area contributed by atoms with Crippen LogP contribution < -0.4 is 5.32 Å². The summed E-state index contributed by atoms with van der Waals surface area (Å²) in [5.74, 6) is -0.356. The number of pyridine rings is 1. The van der Waals surface area contributed by atoms with Gasteiger partial charge < -0.3 is 10.4 Å². The summed E-state index contributed by atoms with van der Waals surface area (Å²) in [6.45, 7) is 0.593. The van der Waals surface area contributed by atoms with E-state index in [1.165, 1.54) is 12.1 Å². The number of rotatable bonds is 5. The number of aliphatic hydroxyl groups excluding tert-OH is 1. The summed E-state index contributed by atoms with van der Waals surface area (Å²) in [4.78, 5) is 15.4. The molecule has 1 aromatic heterocycles. The molecular weight excluding hydrogens is 251 g/mol. The molecule has 16 heavy (non-hydrogen) atoms. The summed E-state index contributed by atoms with van der Waals surface area (Å²) in [5, 5.41) is 11.7. The third-order valence-corrected chi connectivity index (χ3v) is 2.41. The number of hydrogen-bond donors (Lipinski definition) is 2. The van der Waals surface area contributed by atoms with Crippen LogP contribution in [-0.4, -0.2) is 29.1 Å². The van der Waals surface area contributed by atoms with Gasteiger partial charge in [-0.15, -0.1) is 0 Å². The highest BCUT2D eigenvalue weighted by atomic mass is 35.5. The molecule has 0 fully saturated rings. The van der Waals surface area contributed by atoms with Gasteiger partial charge in [0.25, 0.3) is 5.91 Å². The minimum atomic E-state index is -0.356. The normalized spacial score (nSPS) is 10.2. The lowest BCUT2D eigenvalue weighted by Crippen LogP contribution is -2.25. The number of carbonyl (C=O) groups is 1. The first-order valence-corrected chi connectivity index (χ1v) is 5.62. The zero-order chi connectivity index (χ0) is 12.0. The van der Waals surface area contributed by atoms with E-state index < -0.39 is 0 Å². The van der Waals surface area contributed by atoms with Gasteiger partial charge in [-0.2, -0.15) is 0 Å². The molecule has 0 spiro atoms. The smallest absolute Gasteiger partial charge is 0.271 e. The zero-order valence-electron chi connectivity index (χ0n) is 8.54. The van der Waals surface area contributed by atoms with Crippen LogP contribution in [0.5, 0.6) is 0 Å². The first-order chi connectivity index (χ1) is 7.65. The molecule has 0 unspecified atom stereocenters. The van der Waals surface area contributed by atoms with Crippen molar-refractivity contribution in [1.82, 2.24) is 10.3 Å². The average molecular weight is 263 g/mol. The number of unbranched alkanes of at least 4 members (excludes halogenated alkanes) is 1. The summed E-state index contributed by atoms with van der Waals surface area (Å²) < 4.78 is 0. The minimum Gasteiger partial charge on any atom is -0.396 e. The maximum atomic E-state index is 11.6. The molecule has 1 heterocycles. The van der Waals surface area contributed by atoms with Gasteiger partial charge in [-0.25, -0.2) is 4.98 Å². The van der Waals surface area contributed by atoms with Crippen molar-refractivity contribution in [3.05, 3.63) is 28.0 Å². The van der Waals surface area contributed by atoms with Crippen LogP contribution in [0.25, 0.3) is 0 Å². The van der Waals surface area contributed by atoms with Crippen molar-refractivity contribution in [2.75, 3.05) is 13.2 Å². The van der Waals surface area contributed by atoms with Gasteiger partial charge in [-0.1, -0.05) is 23.2 Å². The number of carbonyl (C=O) groups excluding carboxylic acids is 1. The molecule has 0 saturated heterocycles. The topological polar surface area (TPSA) is 62.2 Å². The molecule has 0 aliphatic carbocycles. The highest BCUT2D eigenvalue weighted by Crippen LogP contribution is 2.16. The molecule has 2 N–H and O–H groups in total. The lowest BCUT2D eigenvalue weighted by atomic mass is 10.3. The predicted octanol–water partition coefficient (Wildman–Crippen LogP) is 1.89. The number of aliphatic hydroxyl groups is 1. The Morgan fingerprint density at radius 1 is 1.38 bits per heavy atom. The Morgan fingerprint density at radius 2 is 2.12 bits per heavy atom. The van der Waals surface area contributed by atoms with Crippen LogP contribution in [0.2, 0.25) is 10.2 Å². The summed E-state index contributed by atoms with van der Waals surface area (Å²) >= 11 is 11.5. The molecule has 1 aromatic rings. The van der Waals surface area contributed by atoms with Crippen molar-refractivity contribution in [3.63, 3.8) is 0 Å². The fraction of sp³-hybridized carbons (Fsp3) is 0.400. The van der Waals surface area contributed by atoms with Gasteiger partial charge in [0.2, 0.25) is 0 Å². The summed E-state index contributed by atoms with van der Waals surface area (Å²) in [7, 11) is 0. The molecule has 0 radical (unpaired) electrons. The molecule has 88 valence electrons. The Kier molecular flexibility index (Phi) is 5.52. The lowest BCUT2D eigenvalue weighted by molar-refractivity contribution is 0.0947. The van der Waals surface area contributed by atoms with Crippen LogP contribution in [0.3, 0.4) is 0 Å². The van der Waals surface area contributed by atoms with Crippen LogP contribution in [0.1, 0.15) is 23.3 Å². The van der Waals surface area contributed by atoms with Crippen molar-refractivity contribution in [2.45, 2.75) is 12.8 Å². The van der Waals surface area contributed by atoms with Crippen molar-refractivity contribution in [3.8, 4) is 0 Å². The van der Waals surface area contributed by atoms with Crippen molar-refractivity contribution in [1.29, 1.82) is 0 Å². The third kappa shape index (κ3) is 3.96. The van der Waals surface area contributed by atoms with E-state index >= 15 is 0 Å². The van der Waals surface area contributed by atoms with Crippen molar-refractivity contribution < 1.29 is 9.90 Å². The van der Waals surface area contributed by atoms with Gasteiger partial charge in [-0.3, -0.25) is 4.79 Å². The van der Waals surface area contributed by atoms with E-state index in [-0.39, 0.29) is 28.4 Å². The quantitative estimate of drug-likeness (QED) is 0.630. The third-order valence-electron chi connectivity index (χ3n) is 1.90. The fourth-order valence-electron chi connectivity index (χ4n) is 1.10. The largest absolute Gasteiger partial charge is 0.396 e. The maximum absolute atomic E-state index is 11.6. The molecule has 0 atom stereocenters. The van der Waals surface area contributed by atoms with E-state index in [2.05, 4.69) is 10.3 Å². The van der Waals surface area contributed by atoms with Crippen LogP contribution >= 0.6 is 23.2 Å². The van der Waals surface area contributed by atoms with Gasteiger partial charge in [0.1, 0.15) is 10.8 Å². The molecule has 4 nitrogen and oxygen atoms in total. The van der Waals surface area contributed by atoms with Crippen molar-refractivity contribution >= 4 is 29.1 Å². The second-order valence-corrected chi connectivity index (χ2v) is 3.95. The van der Waals surface area contributed by atoms with E-state index in [9.17, 15) is 4.79 Å². The number of nitrogens with zero attached hydrogens (tertiary/aromatic N) is 1. The molecule has 0 bridgehead atoms. The van der Waals surface area contributed by atoms with Gasteiger partial charge in [-0.05, 0) is 25.0 Å². The van der Waals surface area contributed by atoms with Crippen LogP contribution in [0, 0.1) is 0 Å². The molecule has 0 saturated carbocycles. The first kappa shape index (κ1) is 13.2. The van der Waals surface area contributed by atoms with E-state index in [0.717, 1.165) is 0 Å². The van der Waals surface area contributed by atoms with Gasteiger partial charge >= 0.3 is 0 Å². The average Bonchev–Trinajstić information content (AvgIpc) is 2.27. The molecule has 6 heteroatoms. The number of nitrogens with one attached hydrogen (secondary N) is 1. The van der Waals surface area contributed by atoms with Gasteiger partial charge in [0.15, 0.2) is 0 Å². The SMILES string of the molecule is O=C(NCCCCO)c1nc(Cl)ccc1Cl. The van der Waals surface area contributed by atoms with Crippen molar-refractivity contribution in [2.24, 2.45) is 0 Å². The summed E-state index contributed by atoms with van der Waals surface area (Å²) in [5.41, 5.74) is 0.123. The fourth-order valence-corrected chi connectivity index (χ4v) is 1.44. The lowest BCUT2D eigenvalue weighted by Gasteiger charge is -2.05. The molecule has 0 aromatic carbocycles. The Morgan fingerprint density at radius 3 is 2.81 bits per heavy atom. The molecule has 1 amide bonds. The van der Waals surface area contributed by atoms with Crippen LogP contribution in [-0.2, 0) is 0 Å². The van der Waals surface area contributed by atoms with E-state index in [0.29, 0.717) is 19.4 Å². The van der Waals surface area contributed by atoms with E-state index in [4.69, 9.17) is 28.3 Å². The predicted molar refractivity (Wildman–Crippen MR) is 62.9 cm³/mol. The molecule has 0 aliphatic heterocycles. The second kappa shape index (κ2) is 6.68. The van der Waals surface area contributed by atoms with Gasteiger partial charge in [0.05, 0.1) is 5.02 Å². The summed E-state index contributed by atoms with van der Waals surface area (Å²) in [6.07, 6.45) is 1.36. The molecule has 1 rings (SSSR count). The number of aromatic nitrogens is 1. The van der Waals surface area contributed by atoms with E-state index in [1.807, 2.05) is 0 Å². The summed E-state index contributed by atoms with van der Waals surface area (Å²) in [6, 6.07) is 3.05. The monoisotopic (exact) mass is 262 g/mol. The highest BCUT2D eigenvalue weighted by Gasteiger charge is 2.11. The molecule has 0 aliphatic rings. The second-order valence-electron chi connectivity index (χ2n) is 3.15. The Hall–Kier alpha value is -0.840. The first-order valence-electron chi connectivity index (χ1n) is 4.86. The maximum Gasteiger partial charge on any atom is 0.271 e. The Balaban J connectivity index is 2.55. The van der Waals surface area contributed by atoms with E-state index in [1.54, 1.807) is 0 Å². The van der Waals surface area contributed by atoms with Gasteiger partial charge in [0, 0.05) is 13.2 Å². The van der Waals surface area contributed by atoms with Crippen LogP contribution in [0.4, 0.5) is 0 Å². The number of hydrogen-bond acceptors (Lipinski definition) is 3. The zero-order valence-corrected chi connectivity index (χ0v) is 10.1. The highest BCUT2D eigenvalue weighted by molar-refractivity contribution is 6.34. The van der Waals surface area contributed by atoms with Crippen LogP contribution in [0.15, 0.2) is 12.1 Å². The minimum absolute atomic E-state index is 0.117. The Labute approximate surface area is 104 Å². The number of amides is 1. The standard InChI is InChI=1S/C10H12Cl2N2O2/c11-7-3-4-8(12)14-9(7)10(16)13-5-1-2-6-15/h3-4,15H,1-2,5-6H2,(H,13,16). The molecular formula is C10H12Cl2N2O2. The number of halogens is 2. The Bertz CT molecular complexity index is 372.